The lowest BCUT2D eigenvalue weighted by Gasteiger charge is -2.07. The molecule has 0 saturated heterocycles. The minimum absolute atomic E-state index is 0.0833. The predicted molar refractivity (Wildman–Crippen MR) is 94.3 cm³/mol. The number of nitrogens with one attached hydrogen (secondary N) is 2. The van der Waals surface area contributed by atoms with E-state index in [4.69, 9.17) is 0 Å². The zero-order valence-electron chi connectivity index (χ0n) is 12.6. The lowest BCUT2D eigenvalue weighted by atomic mass is 10.1. The number of benzene rings is 2. The number of rotatable bonds is 2. The Morgan fingerprint density at radius 3 is 2.83 bits per heavy atom. The number of nitrogens with zero attached hydrogens (tertiary/aromatic N) is 1. The molecule has 0 spiro atoms. The molecule has 2 heterocycles. The van der Waals surface area contributed by atoms with E-state index in [0.29, 0.717) is 16.6 Å². The van der Waals surface area contributed by atoms with E-state index in [-0.39, 0.29) is 11.0 Å². The second-order valence-corrected chi connectivity index (χ2v) is 5.44. The Hall–Kier alpha value is -3.47. The van der Waals surface area contributed by atoms with Crippen LogP contribution in [0.5, 0.6) is 0 Å². The Labute approximate surface area is 137 Å². The molecule has 0 atom stereocenters. The predicted octanol–water partition coefficient (Wildman–Crippen LogP) is 3.33. The van der Waals surface area contributed by atoms with E-state index in [9.17, 15) is 9.59 Å². The van der Waals surface area contributed by atoms with Crippen molar-refractivity contribution in [2.75, 3.05) is 5.32 Å². The van der Waals surface area contributed by atoms with Gasteiger partial charge in [0.2, 0.25) is 5.43 Å². The number of para-hydroxylation sites is 1. The summed E-state index contributed by atoms with van der Waals surface area (Å²) in [6.07, 6.45) is 3.16. The van der Waals surface area contributed by atoms with Crippen LogP contribution in [-0.4, -0.2) is 15.9 Å². The van der Waals surface area contributed by atoms with Gasteiger partial charge in [0.05, 0.1) is 5.52 Å². The monoisotopic (exact) mass is 315 g/mol. The highest BCUT2D eigenvalue weighted by atomic mass is 16.2. The maximum Gasteiger partial charge on any atom is 0.261 e. The molecule has 0 aliphatic heterocycles. The summed E-state index contributed by atoms with van der Waals surface area (Å²) in [6.45, 7) is 0. The topological polar surface area (TPSA) is 74.8 Å². The van der Waals surface area contributed by atoms with Crippen LogP contribution in [0.2, 0.25) is 0 Å². The molecule has 0 radical (unpaired) electrons. The third-order valence-electron chi connectivity index (χ3n) is 3.89. The molecule has 24 heavy (non-hydrogen) atoms. The Bertz CT molecular complexity index is 1130. The molecule has 4 aromatic rings. The number of aromatic nitrogens is 2. The maximum absolute atomic E-state index is 12.5. The fraction of sp³-hybridized carbons (Fsp3) is 0. The molecule has 5 nitrogen and oxygen atoms in total. The van der Waals surface area contributed by atoms with E-state index in [0.717, 1.165) is 10.9 Å². The largest absolute Gasteiger partial charge is 0.360 e. The molecule has 0 aliphatic rings. The van der Waals surface area contributed by atoms with Gasteiger partial charge in [-0.3, -0.25) is 14.6 Å². The number of anilines is 1. The SMILES string of the molecule is O=C(Nc1ccc2ncccc2c1)c1c[nH]c2ccccc2c1=O. The summed E-state index contributed by atoms with van der Waals surface area (Å²) in [4.78, 5) is 32.2. The van der Waals surface area contributed by atoms with Crippen molar-refractivity contribution >= 4 is 33.4 Å². The number of H-pyrrole nitrogens is 1. The molecule has 2 N–H and O–H groups in total. The van der Waals surface area contributed by atoms with Crippen LogP contribution in [0.15, 0.2) is 71.8 Å². The van der Waals surface area contributed by atoms with Crippen LogP contribution in [-0.2, 0) is 0 Å². The third kappa shape index (κ3) is 2.42. The first-order valence-corrected chi connectivity index (χ1v) is 7.49. The summed E-state index contributed by atoms with van der Waals surface area (Å²) in [7, 11) is 0. The second-order valence-electron chi connectivity index (χ2n) is 5.44. The standard InChI is InChI=1S/C19H13N3O2/c23-18-14-5-1-2-6-17(14)21-11-15(18)19(24)22-13-7-8-16-12(10-13)4-3-9-20-16/h1-11H,(H,21,23)(H,22,24). The molecular weight excluding hydrogens is 302 g/mol. The van der Waals surface area contributed by atoms with Crippen LogP contribution >= 0.6 is 0 Å². The van der Waals surface area contributed by atoms with E-state index in [1.54, 1.807) is 30.5 Å². The molecule has 1 amide bonds. The van der Waals surface area contributed by atoms with Crippen molar-refractivity contribution in [1.29, 1.82) is 0 Å². The highest BCUT2D eigenvalue weighted by Gasteiger charge is 2.13. The molecule has 0 fully saturated rings. The Balaban J connectivity index is 1.70. The first-order chi connectivity index (χ1) is 11.7. The van der Waals surface area contributed by atoms with Gasteiger partial charge in [0.1, 0.15) is 5.56 Å². The van der Waals surface area contributed by atoms with E-state index < -0.39 is 5.91 Å². The average molecular weight is 315 g/mol. The fourth-order valence-corrected chi connectivity index (χ4v) is 2.69. The van der Waals surface area contributed by atoms with Crippen molar-refractivity contribution in [1.82, 2.24) is 9.97 Å². The summed E-state index contributed by atoms with van der Waals surface area (Å²) in [5.41, 5.74) is 1.97. The second kappa shape index (κ2) is 5.62. The van der Waals surface area contributed by atoms with Crippen molar-refractivity contribution in [3.05, 3.63) is 82.8 Å². The number of pyridine rings is 2. The Morgan fingerprint density at radius 2 is 1.92 bits per heavy atom. The van der Waals surface area contributed by atoms with Gasteiger partial charge in [-0.05, 0) is 36.4 Å². The van der Waals surface area contributed by atoms with Crippen molar-refractivity contribution in [2.45, 2.75) is 0 Å². The first-order valence-electron chi connectivity index (χ1n) is 7.49. The quantitative estimate of drug-likeness (QED) is 0.596. The minimum atomic E-state index is -0.440. The molecule has 2 aromatic heterocycles. The van der Waals surface area contributed by atoms with Crippen LogP contribution in [0.3, 0.4) is 0 Å². The van der Waals surface area contributed by atoms with Gasteiger partial charge < -0.3 is 10.3 Å². The van der Waals surface area contributed by atoms with E-state index in [1.807, 2.05) is 30.3 Å². The maximum atomic E-state index is 12.5. The summed E-state index contributed by atoms with van der Waals surface area (Å²) in [6, 6.07) is 16.3. The number of hydrogen-bond acceptors (Lipinski definition) is 3. The van der Waals surface area contributed by atoms with Crippen molar-refractivity contribution in [2.24, 2.45) is 0 Å². The van der Waals surface area contributed by atoms with E-state index >= 15 is 0 Å². The number of aromatic amines is 1. The molecule has 0 bridgehead atoms. The lowest BCUT2D eigenvalue weighted by molar-refractivity contribution is 0.102. The lowest BCUT2D eigenvalue weighted by Crippen LogP contribution is -2.21. The highest BCUT2D eigenvalue weighted by molar-refractivity contribution is 6.06. The van der Waals surface area contributed by atoms with Crippen LogP contribution < -0.4 is 10.7 Å². The van der Waals surface area contributed by atoms with Gasteiger partial charge in [0.15, 0.2) is 0 Å². The van der Waals surface area contributed by atoms with Crippen LogP contribution in [0.1, 0.15) is 10.4 Å². The first kappa shape index (κ1) is 14.1. The normalized spacial score (nSPS) is 10.8. The summed E-state index contributed by atoms with van der Waals surface area (Å²) < 4.78 is 0. The van der Waals surface area contributed by atoms with Gasteiger partial charge >= 0.3 is 0 Å². The van der Waals surface area contributed by atoms with Crippen molar-refractivity contribution in [3.8, 4) is 0 Å². The number of carbonyl (C=O) groups excluding carboxylic acids is 1. The minimum Gasteiger partial charge on any atom is -0.360 e. The molecular formula is C19H13N3O2. The fourth-order valence-electron chi connectivity index (χ4n) is 2.69. The smallest absolute Gasteiger partial charge is 0.261 e. The van der Waals surface area contributed by atoms with E-state index in [1.165, 1.54) is 6.20 Å². The molecule has 0 aliphatic carbocycles. The van der Waals surface area contributed by atoms with E-state index in [2.05, 4.69) is 15.3 Å². The Morgan fingerprint density at radius 1 is 1.04 bits per heavy atom. The molecule has 2 aromatic carbocycles. The summed E-state index contributed by atoms with van der Waals surface area (Å²) >= 11 is 0. The van der Waals surface area contributed by atoms with Crippen molar-refractivity contribution in [3.63, 3.8) is 0 Å². The number of fused-ring (bicyclic) bond motifs is 2. The van der Waals surface area contributed by atoms with Gasteiger partial charge in [-0.2, -0.15) is 0 Å². The molecule has 4 rings (SSSR count). The zero-order chi connectivity index (χ0) is 16.5. The van der Waals surface area contributed by atoms with Gasteiger partial charge in [0, 0.05) is 34.4 Å². The molecule has 0 saturated carbocycles. The van der Waals surface area contributed by atoms with Crippen LogP contribution in [0.25, 0.3) is 21.8 Å². The van der Waals surface area contributed by atoms with Gasteiger partial charge in [-0.1, -0.05) is 18.2 Å². The van der Waals surface area contributed by atoms with Crippen LogP contribution in [0, 0.1) is 0 Å². The van der Waals surface area contributed by atoms with Crippen molar-refractivity contribution < 1.29 is 4.79 Å². The highest BCUT2D eigenvalue weighted by Crippen LogP contribution is 2.17. The van der Waals surface area contributed by atoms with Crippen LogP contribution in [0.4, 0.5) is 5.69 Å². The summed E-state index contributed by atoms with van der Waals surface area (Å²) in [5.74, 6) is -0.440. The number of hydrogen-bond donors (Lipinski definition) is 2. The average Bonchev–Trinajstić information content (AvgIpc) is 2.62. The molecule has 5 heteroatoms. The number of carbonyl (C=O) groups is 1. The molecule has 0 unspecified atom stereocenters. The Kier molecular flexibility index (Phi) is 3.31. The molecule has 116 valence electrons. The van der Waals surface area contributed by atoms with Gasteiger partial charge in [-0.25, -0.2) is 0 Å². The summed E-state index contributed by atoms with van der Waals surface area (Å²) in [5, 5.41) is 4.18. The number of amides is 1. The van der Waals surface area contributed by atoms with Gasteiger partial charge in [-0.15, -0.1) is 0 Å². The zero-order valence-corrected chi connectivity index (χ0v) is 12.6. The third-order valence-corrected chi connectivity index (χ3v) is 3.89. The van der Waals surface area contributed by atoms with Gasteiger partial charge in [0.25, 0.3) is 5.91 Å².